The van der Waals surface area contributed by atoms with Gasteiger partial charge in [-0.15, -0.1) is 0 Å². The summed E-state index contributed by atoms with van der Waals surface area (Å²) in [5.74, 6) is 0.261. The van der Waals surface area contributed by atoms with Gasteiger partial charge in [0.15, 0.2) is 5.60 Å². The van der Waals surface area contributed by atoms with Crippen molar-refractivity contribution in [1.82, 2.24) is 4.90 Å². The first-order chi connectivity index (χ1) is 7.01. The Morgan fingerprint density at radius 2 is 2.00 bits per heavy atom. The van der Waals surface area contributed by atoms with Crippen LogP contribution >= 0.6 is 0 Å². The fourth-order valence-electron chi connectivity index (χ4n) is 2.37. The largest absolute Gasteiger partial charge is 0.385 e. The van der Waals surface area contributed by atoms with Gasteiger partial charge in [0.1, 0.15) is 0 Å². The fraction of sp³-hybridized carbons (Fsp3) is 0.909. The molecule has 0 aromatic carbocycles. The number of likely N-dealkylation sites (tertiary alicyclic amines) is 1. The van der Waals surface area contributed by atoms with Gasteiger partial charge >= 0.3 is 0 Å². The van der Waals surface area contributed by atoms with Gasteiger partial charge in [0.05, 0.1) is 0 Å². The monoisotopic (exact) mass is 215 g/mol. The summed E-state index contributed by atoms with van der Waals surface area (Å²) in [7, 11) is 5.08. The second-order valence-corrected chi connectivity index (χ2v) is 4.28. The number of likely N-dealkylation sites (N-methyl/N-ethyl adjacent to an activating group) is 1. The minimum Gasteiger partial charge on any atom is -0.385 e. The zero-order valence-electron chi connectivity index (χ0n) is 10.2. The van der Waals surface area contributed by atoms with E-state index in [2.05, 4.69) is 13.8 Å². The molecule has 3 atom stereocenters. The number of carbonyl (C=O) groups is 1. The van der Waals surface area contributed by atoms with Gasteiger partial charge in [0, 0.05) is 46.3 Å². The van der Waals surface area contributed by atoms with Crippen molar-refractivity contribution in [3.05, 3.63) is 0 Å². The number of nitrogens with zero attached hydrogens (tertiary/aromatic N) is 1. The van der Waals surface area contributed by atoms with Crippen LogP contribution in [-0.4, -0.2) is 50.3 Å². The van der Waals surface area contributed by atoms with Crippen LogP contribution in [0.1, 0.15) is 20.3 Å². The van der Waals surface area contributed by atoms with Crippen molar-refractivity contribution < 1.29 is 14.3 Å². The zero-order chi connectivity index (χ0) is 11.6. The second-order valence-electron chi connectivity index (χ2n) is 4.28. The van der Waals surface area contributed by atoms with Crippen molar-refractivity contribution in [2.24, 2.45) is 5.92 Å². The first-order valence-corrected chi connectivity index (χ1v) is 5.32. The topological polar surface area (TPSA) is 38.8 Å². The number of carbonyl (C=O) groups excluding carboxylic acids is 1. The highest BCUT2D eigenvalue weighted by Crippen LogP contribution is 2.38. The minimum absolute atomic E-state index is 0.0713. The maximum Gasteiger partial charge on any atom is 0.255 e. The molecule has 1 fully saturated rings. The number of methoxy groups -OCH3 is 2. The van der Waals surface area contributed by atoms with Crippen molar-refractivity contribution in [2.75, 3.05) is 27.9 Å². The summed E-state index contributed by atoms with van der Waals surface area (Å²) < 4.78 is 10.5. The molecule has 88 valence electrons. The van der Waals surface area contributed by atoms with Gasteiger partial charge < -0.3 is 14.4 Å². The van der Waals surface area contributed by atoms with Crippen molar-refractivity contribution in [3.63, 3.8) is 0 Å². The predicted molar refractivity (Wildman–Crippen MR) is 57.6 cm³/mol. The molecule has 1 heterocycles. The van der Waals surface area contributed by atoms with Gasteiger partial charge in [-0.2, -0.15) is 0 Å². The molecule has 0 aliphatic carbocycles. The lowest BCUT2D eigenvalue weighted by Gasteiger charge is -2.29. The quantitative estimate of drug-likeness (QED) is 0.699. The SMILES string of the molecule is COCCC1(OC)C(=O)N(C)C(C)C1C. The molecule has 1 rings (SSSR count). The van der Waals surface area contributed by atoms with Gasteiger partial charge in [0.2, 0.25) is 0 Å². The van der Waals surface area contributed by atoms with Crippen LogP contribution in [-0.2, 0) is 14.3 Å². The number of rotatable bonds is 4. The van der Waals surface area contributed by atoms with Crippen molar-refractivity contribution >= 4 is 5.91 Å². The van der Waals surface area contributed by atoms with E-state index >= 15 is 0 Å². The third-order valence-corrected chi connectivity index (χ3v) is 3.79. The van der Waals surface area contributed by atoms with Gasteiger partial charge in [-0.1, -0.05) is 6.92 Å². The number of amides is 1. The Balaban J connectivity index is 2.91. The van der Waals surface area contributed by atoms with Crippen LogP contribution in [0.3, 0.4) is 0 Å². The lowest BCUT2D eigenvalue weighted by Crippen LogP contribution is -2.45. The summed E-state index contributed by atoms with van der Waals surface area (Å²) >= 11 is 0. The van der Waals surface area contributed by atoms with E-state index in [1.54, 1.807) is 19.1 Å². The standard InChI is InChI=1S/C11H21NO3/c1-8-9(2)12(3)10(13)11(8,15-5)6-7-14-4/h8-9H,6-7H2,1-5H3. The Bertz CT molecular complexity index is 244. The summed E-state index contributed by atoms with van der Waals surface area (Å²) in [4.78, 5) is 13.9. The van der Waals surface area contributed by atoms with Crippen molar-refractivity contribution in [3.8, 4) is 0 Å². The van der Waals surface area contributed by atoms with Crippen molar-refractivity contribution in [2.45, 2.75) is 31.9 Å². The molecule has 0 spiro atoms. The molecule has 4 nitrogen and oxygen atoms in total. The number of ether oxygens (including phenoxy) is 2. The predicted octanol–water partition coefficient (Wildman–Crippen LogP) is 0.905. The molecule has 0 saturated carbocycles. The summed E-state index contributed by atoms with van der Waals surface area (Å²) in [6.07, 6.45) is 0.620. The van der Waals surface area contributed by atoms with E-state index in [4.69, 9.17) is 9.47 Å². The van der Waals surface area contributed by atoms with Crippen molar-refractivity contribution in [1.29, 1.82) is 0 Å². The van der Waals surface area contributed by atoms with Crippen LogP contribution in [0.15, 0.2) is 0 Å². The molecule has 0 N–H and O–H groups in total. The van der Waals surface area contributed by atoms with Gasteiger partial charge in [0.25, 0.3) is 5.91 Å². The van der Waals surface area contributed by atoms with Gasteiger partial charge in [-0.25, -0.2) is 0 Å². The van der Waals surface area contributed by atoms with Crippen LogP contribution in [0.5, 0.6) is 0 Å². The maximum absolute atomic E-state index is 12.1. The zero-order valence-corrected chi connectivity index (χ0v) is 10.2. The van der Waals surface area contributed by atoms with Crippen LogP contribution in [0.25, 0.3) is 0 Å². The molecule has 1 aliphatic heterocycles. The minimum atomic E-state index is -0.690. The average Bonchev–Trinajstić information content (AvgIpc) is 2.41. The maximum atomic E-state index is 12.1. The van der Waals surface area contributed by atoms with Crippen LogP contribution in [0.4, 0.5) is 0 Å². The third kappa shape index (κ3) is 1.76. The van der Waals surface area contributed by atoms with E-state index in [1.165, 1.54) is 0 Å². The Labute approximate surface area is 91.5 Å². The number of hydrogen-bond acceptors (Lipinski definition) is 3. The third-order valence-electron chi connectivity index (χ3n) is 3.79. The summed E-state index contributed by atoms with van der Waals surface area (Å²) in [6, 6.07) is 0.217. The molecule has 3 unspecified atom stereocenters. The molecule has 15 heavy (non-hydrogen) atoms. The molecule has 4 heteroatoms. The van der Waals surface area contributed by atoms with Gasteiger partial charge in [-0.05, 0) is 6.92 Å². The lowest BCUT2D eigenvalue weighted by atomic mass is 9.85. The molecule has 1 amide bonds. The normalized spacial score (nSPS) is 36.3. The summed E-state index contributed by atoms with van der Waals surface area (Å²) in [5.41, 5.74) is -0.690. The second kappa shape index (κ2) is 4.49. The fourth-order valence-corrected chi connectivity index (χ4v) is 2.37. The Morgan fingerprint density at radius 1 is 1.40 bits per heavy atom. The van der Waals surface area contributed by atoms with E-state index in [9.17, 15) is 4.79 Å². The van der Waals surface area contributed by atoms with Gasteiger partial charge in [-0.3, -0.25) is 4.79 Å². The molecule has 0 aromatic rings. The summed E-state index contributed by atoms with van der Waals surface area (Å²) in [6.45, 7) is 4.66. The lowest BCUT2D eigenvalue weighted by molar-refractivity contribution is -0.150. The number of hydrogen-bond donors (Lipinski definition) is 0. The smallest absolute Gasteiger partial charge is 0.255 e. The molecular formula is C11H21NO3. The Hall–Kier alpha value is -0.610. The van der Waals surface area contributed by atoms with Crippen LogP contribution < -0.4 is 0 Å². The molecule has 1 aliphatic rings. The highest BCUT2D eigenvalue weighted by Gasteiger charge is 2.54. The van der Waals surface area contributed by atoms with E-state index in [0.29, 0.717) is 13.0 Å². The van der Waals surface area contributed by atoms with Crippen LogP contribution in [0, 0.1) is 5.92 Å². The molecule has 1 saturated heterocycles. The molecule has 0 radical (unpaired) electrons. The molecule has 0 aromatic heterocycles. The highest BCUT2D eigenvalue weighted by atomic mass is 16.5. The highest BCUT2D eigenvalue weighted by molar-refractivity contribution is 5.88. The first kappa shape index (κ1) is 12.5. The van der Waals surface area contributed by atoms with E-state index < -0.39 is 5.60 Å². The van der Waals surface area contributed by atoms with E-state index in [1.807, 2.05) is 7.05 Å². The first-order valence-electron chi connectivity index (χ1n) is 5.32. The van der Waals surface area contributed by atoms with E-state index in [0.717, 1.165) is 0 Å². The summed E-state index contributed by atoms with van der Waals surface area (Å²) in [5, 5.41) is 0. The Morgan fingerprint density at radius 3 is 2.33 bits per heavy atom. The van der Waals surface area contributed by atoms with Crippen LogP contribution in [0.2, 0.25) is 0 Å². The average molecular weight is 215 g/mol. The Kier molecular flexibility index (Phi) is 3.73. The van der Waals surface area contributed by atoms with E-state index in [-0.39, 0.29) is 17.9 Å². The molecular weight excluding hydrogens is 194 g/mol. The molecule has 0 bridgehead atoms.